The standard InChI is InChI=1S/C9H11NO4S/c10-15(13,14)8-4-1-7(2-5-8)3-6-9(11)12/h1-2,4-5H,3,6H2,(H,11,12)(H2,10,13,14)/p-1. The first-order chi connectivity index (χ1) is 6.89. The molecular formula is C9H10NO4S-. The molecule has 0 aliphatic heterocycles. The molecule has 0 amide bonds. The number of primary sulfonamides is 1. The smallest absolute Gasteiger partial charge is 0.238 e. The van der Waals surface area contributed by atoms with Crippen LogP contribution in [0.4, 0.5) is 0 Å². The van der Waals surface area contributed by atoms with Gasteiger partial charge in [-0.2, -0.15) is 0 Å². The summed E-state index contributed by atoms with van der Waals surface area (Å²) in [6.07, 6.45) is 0.224. The van der Waals surface area contributed by atoms with Crippen LogP contribution in [0.1, 0.15) is 12.0 Å². The van der Waals surface area contributed by atoms with E-state index in [1.54, 1.807) is 0 Å². The Labute approximate surface area is 87.6 Å². The first kappa shape index (κ1) is 11.7. The van der Waals surface area contributed by atoms with Crippen molar-refractivity contribution in [1.82, 2.24) is 0 Å². The number of rotatable bonds is 4. The Morgan fingerprint density at radius 2 is 1.80 bits per heavy atom. The molecule has 0 spiro atoms. The van der Waals surface area contributed by atoms with E-state index >= 15 is 0 Å². The number of carbonyl (C=O) groups is 1. The van der Waals surface area contributed by atoms with E-state index < -0.39 is 16.0 Å². The Balaban J connectivity index is 2.77. The Kier molecular flexibility index (Phi) is 3.43. The molecule has 15 heavy (non-hydrogen) atoms. The van der Waals surface area contributed by atoms with Gasteiger partial charge in [-0.1, -0.05) is 12.1 Å². The van der Waals surface area contributed by atoms with E-state index in [0.717, 1.165) is 5.56 Å². The third kappa shape index (κ3) is 3.69. The SMILES string of the molecule is NS(=O)(=O)c1ccc(CCC(=O)[O-])cc1. The second kappa shape index (κ2) is 4.41. The van der Waals surface area contributed by atoms with Gasteiger partial charge in [0.05, 0.1) is 4.90 Å². The molecule has 2 N–H and O–H groups in total. The van der Waals surface area contributed by atoms with Crippen LogP contribution in [-0.2, 0) is 21.2 Å². The van der Waals surface area contributed by atoms with Crippen LogP contribution < -0.4 is 10.2 Å². The Morgan fingerprint density at radius 3 is 2.20 bits per heavy atom. The zero-order chi connectivity index (χ0) is 11.5. The highest BCUT2D eigenvalue weighted by Gasteiger charge is 2.06. The highest BCUT2D eigenvalue weighted by molar-refractivity contribution is 7.89. The molecule has 1 rings (SSSR count). The van der Waals surface area contributed by atoms with Gasteiger partial charge in [-0.05, 0) is 30.5 Å². The van der Waals surface area contributed by atoms with Gasteiger partial charge >= 0.3 is 0 Å². The molecule has 1 aromatic carbocycles. The lowest BCUT2D eigenvalue weighted by Crippen LogP contribution is -2.22. The summed E-state index contributed by atoms with van der Waals surface area (Å²) in [5.41, 5.74) is 0.728. The van der Waals surface area contributed by atoms with Gasteiger partial charge in [0.1, 0.15) is 0 Å². The number of aliphatic carboxylic acids is 1. The summed E-state index contributed by atoms with van der Waals surface area (Å²) < 4.78 is 21.8. The molecule has 0 saturated heterocycles. The van der Waals surface area contributed by atoms with Crippen molar-refractivity contribution in [2.45, 2.75) is 17.7 Å². The van der Waals surface area contributed by atoms with E-state index in [9.17, 15) is 18.3 Å². The monoisotopic (exact) mass is 228 g/mol. The van der Waals surface area contributed by atoms with Crippen LogP contribution in [0.3, 0.4) is 0 Å². The van der Waals surface area contributed by atoms with E-state index in [2.05, 4.69) is 0 Å². The van der Waals surface area contributed by atoms with Crippen LogP contribution in [0.15, 0.2) is 29.2 Å². The first-order valence-corrected chi connectivity index (χ1v) is 5.76. The fourth-order valence-electron chi connectivity index (χ4n) is 1.09. The average Bonchev–Trinajstić information content (AvgIpc) is 2.14. The van der Waals surface area contributed by atoms with E-state index in [1.807, 2.05) is 0 Å². The predicted octanol–water partition coefficient (Wildman–Crippen LogP) is -0.983. The van der Waals surface area contributed by atoms with Gasteiger partial charge in [0.25, 0.3) is 0 Å². The molecule has 5 nitrogen and oxygen atoms in total. The first-order valence-electron chi connectivity index (χ1n) is 4.21. The normalized spacial score (nSPS) is 11.3. The fraction of sp³-hybridized carbons (Fsp3) is 0.222. The van der Waals surface area contributed by atoms with Crippen LogP contribution in [0.5, 0.6) is 0 Å². The quantitative estimate of drug-likeness (QED) is 0.715. The van der Waals surface area contributed by atoms with Crippen molar-refractivity contribution in [3.63, 3.8) is 0 Å². The highest BCUT2D eigenvalue weighted by Crippen LogP contribution is 2.09. The summed E-state index contributed by atoms with van der Waals surface area (Å²) >= 11 is 0. The van der Waals surface area contributed by atoms with Gasteiger partial charge in [-0.25, -0.2) is 13.6 Å². The lowest BCUT2D eigenvalue weighted by molar-refractivity contribution is -0.305. The highest BCUT2D eigenvalue weighted by atomic mass is 32.2. The van der Waals surface area contributed by atoms with Crippen LogP contribution in [0.25, 0.3) is 0 Å². The van der Waals surface area contributed by atoms with E-state index in [1.165, 1.54) is 24.3 Å². The maximum absolute atomic E-state index is 10.9. The number of aryl methyl sites for hydroxylation is 1. The molecule has 1 aromatic rings. The van der Waals surface area contributed by atoms with Crippen molar-refractivity contribution in [3.05, 3.63) is 29.8 Å². The number of hydrogen-bond acceptors (Lipinski definition) is 4. The van der Waals surface area contributed by atoms with Gasteiger partial charge in [0.15, 0.2) is 0 Å². The molecule has 0 heterocycles. The third-order valence-electron chi connectivity index (χ3n) is 1.87. The summed E-state index contributed by atoms with van der Waals surface area (Å²) in [6.45, 7) is 0. The molecule has 6 heteroatoms. The molecule has 0 aliphatic rings. The van der Waals surface area contributed by atoms with Gasteiger partial charge in [0, 0.05) is 5.97 Å². The van der Waals surface area contributed by atoms with Crippen LogP contribution in [0, 0.1) is 0 Å². The van der Waals surface area contributed by atoms with Crippen molar-refractivity contribution in [2.24, 2.45) is 5.14 Å². The molecule has 0 saturated carbocycles. The van der Waals surface area contributed by atoms with E-state index in [-0.39, 0.29) is 11.3 Å². The molecule has 0 atom stereocenters. The molecule has 0 radical (unpaired) electrons. The van der Waals surface area contributed by atoms with Crippen molar-refractivity contribution < 1.29 is 18.3 Å². The summed E-state index contributed by atoms with van der Waals surface area (Å²) in [7, 11) is -3.68. The molecule has 0 aliphatic carbocycles. The van der Waals surface area contributed by atoms with Crippen molar-refractivity contribution in [1.29, 1.82) is 0 Å². The van der Waals surface area contributed by atoms with Crippen molar-refractivity contribution in [2.75, 3.05) is 0 Å². The van der Waals surface area contributed by atoms with Crippen molar-refractivity contribution >= 4 is 16.0 Å². The summed E-state index contributed by atoms with van der Waals surface area (Å²) in [6, 6.07) is 5.76. The number of benzene rings is 1. The van der Waals surface area contributed by atoms with E-state index in [4.69, 9.17) is 5.14 Å². The Hall–Kier alpha value is -1.40. The zero-order valence-electron chi connectivity index (χ0n) is 7.84. The van der Waals surface area contributed by atoms with Gasteiger partial charge < -0.3 is 9.90 Å². The van der Waals surface area contributed by atoms with Gasteiger partial charge in [-0.3, -0.25) is 0 Å². The number of carboxylic acid groups (broad SMARTS) is 1. The maximum atomic E-state index is 10.9. The number of nitrogens with two attached hydrogens (primary N) is 1. The second-order valence-electron chi connectivity index (χ2n) is 3.06. The summed E-state index contributed by atoms with van der Waals surface area (Å²) in [5.74, 6) is -1.13. The largest absolute Gasteiger partial charge is 0.550 e. The fourth-order valence-corrected chi connectivity index (χ4v) is 1.61. The zero-order valence-corrected chi connectivity index (χ0v) is 8.66. The average molecular weight is 228 g/mol. The number of carboxylic acids is 1. The predicted molar refractivity (Wildman–Crippen MR) is 51.1 cm³/mol. The Morgan fingerprint density at radius 1 is 1.27 bits per heavy atom. The van der Waals surface area contributed by atoms with Gasteiger partial charge in [0.2, 0.25) is 10.0 Å². The van der Waals surface area contributed by atoms with Crippen molar-refractivity contribution in [3.8, 4) is 0 Å². The summed E-state index contributed by atoms with van der Waals surface area (Å²) in [5, 5.41) is 15.1. The lowest BCUT2D eigenvalue weighted by Gasteiger charge is -2.03. The van der Waals surface area contributed by atoms with E-state index in [0.29, 0.717) is 6.42 Å². The molecule has 0 aromatic heterocycles. The minimum atomic E-state index is -3.68. The molecule has 0 fully saturated rings. The molecule has 82 valence electrons. The number of carbonyl (C=O) groups excluding carboxylic acids is 1. The van der Waals surface area contributed by atoms with Crippen LogP contribution in [0.2, 0.25) is 0 Å². The molecular weight excluding hydrogens is 218 g/mol. The summed E-state index contributed by atoms with van der Waals surface area (Å²) in [4.78, 5) is 10.2. The lowest BCUT2D eigenvalue weighted by atomic mass is 10.1. The van der Waals surface area contributed by atoms with Gasteiger partial charge in [-0.15, -0.1) is 0 Å². The third-order valence-corrected chi connectivity index (χ3v) is 2.80. The minimum Gasteiger partial charge on any atom is -0.550 e. The maximum Gasteiger partial charge on any atom is 0.238 e. The second-order valence-corrected chi connectivity index (χ2v) is 4.62. The number of sulfonamides is 1. The molecule has 0 bridgehead atoms. The van der Waals surface area contributed by atoms with Crippen LogP contribution >= 0.6 is 0 Å². The minimum absolute atomic E-state index is 0.0136. The topological polar surface area (TPSA) is 100 Å². The molecule has 0 unspecified atom stereocenters. The number of hydrogen-bond donors (Lipinski definition) is 1. The van der Waals surface area contributed by atoms with Crippen LogP contribution in [-0.4, -0.2) is 14.4 Å². The Bertz CT molecular complexity index is 450.